The molecule has 27 heavy (non-hydrogen) atoms. The van der Waals surface area contributed by atoms with E-state index >= 15 is 0 Å². The van der Waals surface area contributed by atoms with Gasteiger partial charge in [-0.25, -0.2) is 0 Å². The Morgan fingerprint density at radius 1 is 1.07 bits per heavy atom. The maximum absolute atomic E-state index is 12.5. The molecule has 0 N–H and O–H groups in total. The van der Waals surface area contributed by atoms with Gasteiger partial charge < -0.3 is 4.74 Å². The van der Waals surface area contributed by atoms with Crippen LogP contribution in [0.15, 0.2) is 53.7 Å². The van der Waals surface area contributed by atoms with E-state index in [0.29, 0.717) is 16.5 Å². The lowest BCUT2D eigenvalue weighted by atomic mass is 10.1. The minimum absolute atomic E-state index is 0.0748. The second kappa shape index (κ2) is 7.04. The third-order valence-electron chi connectivity index (χ3n) is 4.58. The number of Topliss-reactive ketones (excluding diaryl/α,β-unsaturated/α-hetero) is 1. The van der Waals surface area contributed by atoms with Crippen molar-refractivity contribution in [3.8, 4) is 5.75 Å². The van der Waals surface area contributed by atoms with Crippen molar-refractivity contribution < 1.29 is 9.53 Å². The molecule has 0 aliphatic carbocycles. The van der Waals surface area contributed by atoms with Crippen molar-refractivity contribution in [3.63, 3.8) is 0 Å². The number of hydrogen-bond acceptors (Lipinski definition) is 5. The lowest BCUT2D eigenvalue weighted by Gasteiger charge is -2.09. The van der Waals surface area contributed by atoms with Gasteiger partial charge in [0.25, 0.3) is 0 Å². The van der Waals surface area contributed by atoms with Gasteiger partial charge in [0.1, 0.15) is 5.75 Å². The van der Waals surface area contributed by atoms with Crippen LogP contribution in [0.5, 0.6) is 5.75 Å². The zero-order valence-electron chi connectivity index (χ0n) is 15.4. The van der Waals surface area contributed by atoms with Gasteiger partial charge in [-0.15, -0.1) is 10.2 Å². The van der Waals surface area contributed by atoms with Gasteiger partial charge in [0.15, 0.2) is 16.6 Å². The molecule has 0 saturated heterocycles. The van der Waals surface area contributed by atoms with Crippen molar-refractivity contribution in [2.45, 2.75) is 19.0 Å². The number of aromatic nitrogens is 3. The van der Waals surface area contributed by atoms with E-state index in [2.05, 4.69) is 17.1 Å². The standard InChI is InChI=1S/C21H19N3O2S/c1-13-4-6-15(7-5-13)19(25)12-27-21-23-22-20-10-14(2)17-9-8-16(26-3)11-18(17)24(20)21/h4-11H,12H2,1-3H3. The van der Waals surface area contributed by atoms with Crippen LogP contribution in [0.25, 0.3) is 16.6 Å². The number of hydrogen-bond donors (Lipinski definition) is 0. The summed E-state index contributed by atoms with van der Waals surface area (Å²) >= 11 is 1.40. The molecular weight excluding hydrogens is 358 g/mol. The zero-order valence-corrected chi connectivity index (χ0v) is 16.2. The summed E-state index contributed by atoms with van der Waals surface area (Å²) < 4.78 is 7.36. The number of carbonyl (C=O) groups is 1. The van der Waals surface area contributed by atoms with Crippen LogP contribution in [0, 0.1) is 13.8 Å². The van der Waals surface area contributed by atoms with E-state index in [9.17, 15) is 4.79 Å². The summed E-state index contributed by atoms with van der Waals surface area (Å²) in [6.07, 6.45) is 0. The number of methoxy groups -OCH3 is 1. The van der Waals surface area contributed by atoms with Gasteiger partial charge in [-0.1, -0.05) is 41.6 Å². The molecule has 0 bridgehead atoms. The topological polar surface area (TPSA) is 56.5 Å². The molecule has 136 valence electrons. The molecule has 4 rings (SSSR count). The van der Waals surface area contributed by atoms with Crippen LogP contribution in [0.1, 0.15) is 21.5 Å². The predicted molar refractivity (Wildman–Crippen MR) is 108 cm³/mol. The summed E-state index contributed by atoms with van der Waals surface area (Å²) in [4.78, 5) is 12.5. The van der Waals surface area contributed by atoms with E-state index in [0.717, 1.165) is 33.4 Å². The molecule has 0 unspecified atom stereocenters. The Bertz CT molecular complexity index is 1150. The van der Waals surface area contributed by atoms with Gasteiger partial charge >= 0.3 is 0 Å². The van der Waals surface area contributed by atoms with E-state index in [-0.39, 0.29) is 5.78 Å². The third-order valence-corrected chi connectivity index (χ3v) is 5.51. The average molecular weight is 377 g/mol. The van der Waals surface area contributed by atoms with Crippen LogP contribution in [0.3, 0.4) is 0 Å². The fraction of sp³-hybridized carbons (Fsp3) is 0.190. The van der Waals surface area contributed by atoms with Crippen molar-refractivity contribution in [3.05, 3.63) is 65.2 Å². The van der Waals surface area contributed by atoms with E-state index < -0.39 is 0 Å². The van der Waals surface area contributed by atoms with Crippen LogP contribution >= 0.6 is 11.8 Å². The van der Waals surface area contributed by atoms with Gasteiger partial charge in [0.2, 0.25) is 0 Å². The highest BCUT2D eigenvalue weighted by Gasteiger charge is 2.14. The fourth-order valence-electron chi connectivity index (χ4n) is 3.08. The minimum Gasteiger partial charge on any atom is -0.497 e. The molecule has 0 aliphatic rings. The number of ether oxygens (including phenoxy) is 1. The first-order valence-electron chi connectivity index (χ1n) is 8.62. The van der Waals surface area contributed by atoms with Gasteiger partial charge in [-0.3, -0.25) is 9.20 Å². The largest absolute Gasteiger partial charge is 0.497 e. The molecule has 2 aromatic carbocycles. The van der Waals surface area contributed by atoms with Crippen LogP contribution in [0.2, 0.25) is 0 Å². The van der Waals surface area contributed by atoms with Gasteiger partial charge in [-0.2, -0.15) is 0 Å². The van der Waals surface area contributed by atoms with E-state index in [1.165, 1.54) is 11.8 Å². The molecule has 0 radical (unpaired) electrons. The monoisotopic (exact) mass is 377 g/mol. The Morgan fingerprint density at radius 3 is 2.59 bits per heavy atom. The number of fused-ring (bicyclic) bond motifs is 3. The molecule has 6 heteroatoms. The summed E-state index contributed by atoms with van der Waals surface area (Å²) in [6.45, 7) is 4.06. The maximum Gasteiger partial charge on any atom is 0.196 e. The summed E-state index contributed by atoms with van der Waals surface area (Å²) in [5.74, 6) is 1.16. The Morgan fingerprint density at radius 2 is 1.85 bits per heavy atom. The molecule has 0 atom stereocenters. The van der Waals surface area contributed by atoms with Crippen LogP contribution in [0.4, 0.5) is 0 Å². The van der Waals surface area contributed by atoms with Crippen LogP contribution in [-0.4, -0.2) is 33.2 Å². The Labute approximate surface area is 161 Å². The molecule has 5 nitrogen and oxygen atoms in total. The molecule has 0 spiro atoms. The quantitative estimate of drug-likeness (QED) is 0.379. The Balaban J connectivity index is 1.70. The lowest BCUT2D eigenvalue weighted by molar-refractivity contribution is 0.102. The van der Waals surface area contributed by atoms with Crippen molar-refractivity contribution in [1.82, 2.24) is 14.6 Å². The number of thioether (sulfide) groups is 1. The molecule has 4 aromatic rings. The van der Waals surface area contributed by atoms with Crippen molar-refractivity contribution >= 4 is 34.1 Å². The number of ketones is 1. The summed E-state index contributed by atoms with van der Waals surface area (Å²) in [5.41, 5.74) is 4.71. The van der Waals surface area contributed by atoms with Crippen LogP contribution < -0.4 is 4.74 Å². The molecule has 0 saturated carbocycles. The summed E-state index contributed by atoms with van der Waals surface area (Å²) in [6, 6.07) is 15.6. The molecule has 0 fully saturated rings. The van der Waals surface area contributed by atoms with Gasteiger partial charge in [0, 0.05) is 17.0 Å². The van der Waals surface area contributed by atoms with E-state index in [1.807, 2.05) is 59.9 Å². The second-order valence-electron chi connectivity index (χ2n) is 6.46. The molecule has 2 aromatic heterocycles. The van der Waals surface area contributed by atoms with E-state index in [4.69, 9.17) is 4.74 Å². The number of rotatable bonds is 5. The highest BCUT2D eigenvalue weighted by atomic mass is 32.2. The third kappa shape index (κ3) is 3.28. The first kappa shape index (κ1) is 17.5. The summed E-state index contributed by atoms with van der Waals surface area (Å²) in [5, 5.41) is 10.4. The van der Waals surface area contributed by atoms with Gasteiger partial charge in [0.05, 0.1) is 18.4 Å². The number of nitrogens with zero attached hydrogens (tertiary/aromatic N) is 3. The summed E-state index contributed by atoms with van der Waals surface area (Å²) in [7, 11) is 1.65. The highest BCUT2D eigenvalue weighted by Crippen LogP contribution is 2.28. The smallest absolute Gasteiger partial charge is 0.196 e. The molecular formula is C21H19N3O2S. The first-order chi connectivity index (χ1) is 13.1. The number of benzene rings is 2. The molecule has 0 amide bonds. The second-order valence-corrected chi connectivity index (χ2v) is 7.41. The lowest BCUT2D eigenvalue weighted by Crippen LogP contribution is -2.03. The van der Waals surface area contributed by atoms with Crippen molar-refractivity contribution in [1.29, 1.82) is 0 Å². The SMILES string of the molecule is COc1ccc2c(C)cc3nnc(SCC(=O)c4ccc(C)cc4)n3c2c1. The van der Waals surface area contributed by atoms with E-state index in [1.54, 1.807) is 7.11 Å². The number of pyridine rings is 1. The number of aryl methyl sites for hydroxylation is 2. The normalized spacial score (nSPS) is 11.2. The first-order valence-corrected chi connectivity index (χ1v) is 9.60. The van der Waals surface area contributed by atoms with Gasteiger partial charge in [-0.05, 0) is 37.6 Å². The van der Waals surface area contributed by atoms with Crippen molar-refractivity contribution in [2.75, 3.05) is 12.9 Å². The van der Waals surface area contributed by atoms with Crippen molar-refractivity contribution in [2.24, 2.45) is 0 Å². The zero-order chi connectivity index (χ0) is 19.0. The average Bonchev–Trinajstić information content (AvgIpc) is 3.09. The Hall–Kier alpha value is -2.86. The number of carbonyl (C=O) groups excluding carboxylic acids is 1. The fourth-order valence-corrected chi connectivity index (χ4v) is 3.92. The highest BCUT2D eigenvalue weighted by molar-refractivity contribution is 7.99. The maximum atomic E-state index is 12.5. The molecule has 2 heterocycles. The van der Waals surface area contributed by atoms with Crippen LogP contribution in [-0.2, 0) is 0 Å². The Kier molecular flexibility index (Phi) is 4.58. The predicted octanol–water partition coefficient (Wildman–Crippen LogP) is 4.48. The minimum atomic E-state index is 0.0748. The molecule has 0 aliphatic heterocycles.